The largest absolute Gasteiger partial charge is 3.00 e. The topological polar surface area (TPSA) is 324 Å². The maximum absolute atomic E-state index is 12.6. The van der Waals surface area contributed by atoms with Crippen LogP contribution < -0.4 is 25.6 Å². The Bertz CT molecular complexity index is 2580. The molecule has 0 unspecified atom stereocenters. The molecule has 23 heteroatoms. The molecule has 21 nitrogen and oxygen atoms in total. The summed E-state index contributed by atoms with van der Waals surface area (Å²) in [6.07, 6.45) is 0. The van der Waals surface area contributed by atoms with Crippen molar-refractivity contribution in [1.29, 1.82) is 0 Å². The fourth-order valence-electron chi connectivity index (χ4n) is 4.54. The number of azo groups is 2. The van der Waals surface area contributed by atoms with E-state index >= 15 is 0 Å². The number of nitro benzene ring substituents is 2. The van der Waals surface area contributed by atoms with Crippen LogP contribution in [-0.2, 0) is 27.4 Å². The number of rotatable bonds is 9. The third kappa shape index (κ3) is 9.31. The van der Waals surface area contributed by atoms with Gasteiger partial charge in [0.05, 0.1) is 48.9 Å². The number of aromatic nitrogens is 4. The summed E-state index contributed by atoms with van der Waals surface area (Å²) in [7, 11) is -3.98. The predicted molar refractivity (Wildman–Crippen MR) is 181 cm³/mol. The Hall–Kier alpha value is -7.06. The number of non-ortho nitro benzene ring substituents is 2. The minimum absolute atomic E-state index is 0. The average molecular weight is 807 g/mol. The van der Waals surface area contributed by atoms with Crippen LogP contribution in [-0.4, -0.2) is 37.8 Å². The standard InChI is InChI=1S/C16H14N6O6S.C16H13N5O4.Cr/c1-9-15(19-18-13-6-5-11(22(25)26)8-14(13)23)16(24)21(20-9)10-3-2-4-12(7-10)29(17,27)28;1-10-15(16(23)20(19-10)11-5-3-2-4-6-11)18-17-13-9-12(21(24)25)7-8-14(13)22;/h2-8,23-24H,1H3,(H2,17,27,28);2-9,22-23H,1H3;/q;;+3/p-3. The van der Waals surface area contributed by atoms with Gasteiger partial charge in [-0.05, 0) is 50.2 Å². The van der Waals surface area contributed by atoms with Gasteiger partial charge in [0, 0.05) is 36.0 Å². The molecule has 6 aromatic rings. The fraction of sp³-hybridized carbons (Fsp3) is 0.0625. The zero-order chi connectivity index (χ0) is 39.3. The van der Waals surface area contributed by atoms with Crippen molar-refractivity contribution in [2.24, 2.45) is 25.6 Å². The van der Waals surface area contributed by atoms with E-state index in [0.29, 0.717) is 11.4 Å². The third-order valence-corrected chi connectivity index (χ3v) is 8.10. The summed E-state index contributed by atoms with van der Waals surface area (Å²) in [5.41, 5.74) is -0.0883. The molecule has 279 valence electrons. The molecule has 0 spiro atoms. The van der Waals surface area contributed by atoms with E-state index in [1.807, 2.05) is 6.07 Å². The Morgan fingerprint density at radius 3 is 1.69 bits per heavy atom. The van der Waals surface area contributed by atoms with Crippen LogP contribution in [0.2, 0.25) is 0 Å². The minimum atomic E-state index is -3.98. The molecule has 0 aliphatic carbocycles. The van der Waals surface area contributed by atoms with Crippen molar-refractivity contribution < 1.29 is 57.5 Å². The molecule has 2 N–H and O–H groups in total. The van der Waals surface area contributed by atoms with Gasteiger partial charge in [-0.25, -0.2) is 22.9 Å². The molecule has 0 atom stereocenters. The molecule has 4 aromatic carbocycles. The molecule has 0 fully saturated rings. The number of para-hydroxylation sites is 1. The third-order valence-electron chi connectivity index (χ3n) is 7.19. The average Bonchev–Trinajstić information content (AvgIpc) is 3.59. The first-order valence-corrected chi connectivity index (χ1v) is 16.6. The second kappa shape index (κ2) is 16.7. The van der Waals surface area contributed by atoms with Crippen LogP contribution >= 0.6 is 0 Å². The van der Waals surface area contributed by atoms with Crippen molar-refractivity contribution in [3.63, 3.8) is 0 Å². The van der Waals surface area contributed by atoms with Gasteiger partial charge in [-0.2, -0.15) is 20.4 Å². The summed E-state index contributed by atoms with van der Waals surface area (Å²) in [6.45, 7) is 3.06. The molecule has 2 heterocycles. The number of hydrogen-bond donors (Lipinski definition) is 1. The van der Waals surface area contributed by atoms with Crippen molar-refractivity contribution in [3.8, 4) is 34.6 Å². The molecular weight excluding hydrogens is 782 g/mol. The summed E-state index contributed by atoms with van der Waals surface area (Å²) in [5, 5.41) is 98.2. The number of nitrogens with two attached hydrogens (primary N) is 1. The summed E-state index contributed by atoms with van der Waals surface area (Å²) in [4.78, 5) is 19.9. The molecule has 0 amide bonds. The van der Waals surface area contributed by atoms with Crippen LogP contribution in [0.5, 0.6) is 23.3 Å². The Labute approximate surface area is 322 Å². The Morgan fingerprint density at radius 2 is 1.15 bits per heavy atom. The first kappa shape index (κ1) is 40.7. The Kier molecular flexibility index (Phi) is 12.4. The summed E-state index contributed by atoms with van der Waals surface area (Å²) in [5.74, 6) is -2.46. The summed E-state index contributed by atoms with van der Waals surface area (Å²) >= 11 is 0. The van der Waals surface area contributed by atoms with Crippen molar-refractivity contribution in [1.82, 2.24) is 19.6 Å². The number of primary sulfonamides is 1. The van der Waals surface area contributed by atoms with Gasteiger partial charge in [-0.15, -0.1) is 10.2 Å². The van der Waals surface area contributed by atoms with Crippen molar-refractivity contribution >= 4 is 44.1 Å². The van der Waals surface area contributed by atoms with Crippen molar-refractivity contribution in [2.45, 2.75) is 18.7 Å². The quantitative estimate of drug-likeness (QED) is 0.123. The minimum Gasteiger partial charge on any atom is -0.871 e. The van der Waals surface area contributed by atoms with Crippen LogP contribution in [0.4, 0.5) is 34.1 Å². The molecule has 2 aromatic heterocycles. The van der Waals surface area contributed by atoms with Gasteiger partial charge in [-0.3, -0.25) is 20.2 Å². The van der Waals surface area contributed by atoms with E-state index in [-0.39, 0.29) is 63.5 Å². The number of hydrogen-bond acceptors (Lipinski definition) is 16. The zero-order valence-electron chi connectivity index (χ0n) is 29.1. The molecule has 0 aliphatic heterocycles. The molecule has 0 saturated carbocycles. The van der Waals surface area contributed by atoms with Crippen LogP contribution in [0, 0.1) is 34.1 Å². The zero-order valence-corrected chi connectivity index (χ0v) is 30.2. The van der Waals surface area contributed by atoms with Gasteiger partial charge in [0.15, 0.2) is 0 Å². The van der Waals surface area contributed by atoms with Gasteiger partial charge in [0.2, 0.25) is 10.0 Å². The predicted octanol–water partition coefficient (Wildman–Crippen LogP) is 4.06. The van der Waals surface area contributed by atoms with Crippen molar-refractivity contribution in [3.05, 3.63) is 123 Å². The Balaban J connectivity index is 0.000000293. The van der Waals surface area contributed by atoms with E-state index < -0.39 is 48.8 Å². The summed E-state index contributed by atoms with van der Waals surface area (Å²) in [6, 6.07) is 20.2. The van der Waals surface area contributed by atoms with E-state index in [9.17, 15) is 49.1 Å². The van der Waals surface area contributed by atoms with Crippen LogP contribution in [0.1, 0.15) is 12.8 Å². The monoisotopic (exact) mass is 806 g/mol. The Morgan fingerprint density at radius 1 is 0.636 bits per heavy atom. The maximum Gasteiger partial charge on any atom is 3.00 e. The van der Waals surface area contributed by atoms with E-state index in [1.165, 1.54) is 35.9 Å². The molecule has 0 bridgehead atoms. The molecule has 55 heavy (non-hydrogen) atoms. The van der Waals surface area contributed by atoms with E-state index in [1.54, 1.807) is 31.2 Å². The van der Waals surface area contributed by atoms with Gasteiger partial charge in [-0.1, -0.05) is 41.8 Å². The normalized spacial score (nSPS) is 11.3. The first-order chi connectivity index (χ1) is 25.5. The molecule has 1 radical (unpaired) electrons. The summed E-state index contributed by atoms with van der Waals surface area (Å²) < 4.78 is 25.1. The molecular formula is C32H24CrN11O10S. The number of sulfonamides is 1. The van der Waals surface area contributed by atoms with E-state index in [0.717, 1.165) is 41.1 Å². The second-order valence-corrected chi connectivity index (χ2v) is 12.5. The fourth-order valence-corrected chi connectivity index (χ4v) is 5.09. The second-order valence-electron chi connectivity index (χ2n) is 10.9. The maximum atomic E-state index is 12.6. The van der Waals surface area contributed by atoms with Gasteiger partial charge in [0.25, 0.3) is 11.4 Å². The van der Waals surface area contributed by atoms with Crippen LogP contribution in [0.15, 0.2) is 116 Å². The molecule has 0 aliphatic rings. The van der Waals surface area contributed by atoms with E-state index in [4.69, 9.17) is 5.14 Å². The van der Waals surface area contributed by atoms with Gasteiger partial charge < -0.3 is 20.4 Å². The number of nitrogens with zero attached hydrogens (tertiary/aromatic N) is 10. The molecule has 6 rings (SSSR count). The smallest absolute Gasteiger partial charge is 0.871 e. The van der Waals surface area contributed by atoms with Gasteiger partial charge in [0.1, 0.15) is 11.4 Å². The first-order valence-electron chi connectivity index (χ1n) is 15.0. The van der Waals surface area contributed by atoms with E-state index in [2.05, 4.69) is 30.7 Å². The SMILES string of the molecule is Cc1nn(-c2cccc(S(N)(=O)=O)c2)c([O-])c1N=Nc1ccc([N+](=O)[O-])cc1[O-].Cc1nn(-c2ccccc2)c([O-])c1N=Nc1cc([N+](=O)[O-])ccc1[O-].[Cr+3].[H+]. The van der Waals surface area contributed by atoms with Gasteiger partial charge >= 0.3 is 18.8 Å². The number of benzene rings is 4. The van der Waals surface area contributed by atoms with Crippen LogP contribution in [0.3, 0.4) is 0 Å². The van der Waals surface area contributed by atoms with Crippen LogP contribution in [0.25, 0.3) is 11.4 Å². The molecule has 0 saturated heterocycles. The number of nitro groups is 2. The number of aryl methyl sites for hydroxylation is 2. The van der Waals surface area contributed by atoms with Crippen molar-refractivity contribution in [2.75, 3.05) is 0 Å².